The first kappa shape index (κ1) is 14.8. The molecular formula is C17H18N2O2S. The number of aromatic nitrogens is 1. The molecule has 0 atom stereocenters. The molecule has 0 bridgehead atoms. The van der Waals surface area contributed by atoms with E-state index in [1.165, 1.54) is 0 Å². The Balaban J connectivity index is 1.85. The van der Waals surface area contributed by atoms with Crippen molar-refractivity contribution in [3.05, 3.63) is 42.2 Å². The van der Waals surface area contributed by atoms with E-state index in [9.17, 15) is 4.79 Å². The van der Waals surface area contributed by atoms with Crippen LogP contribution in [0.1, 0.15) is 24.4 Å². The number of para-hydroxylation sites is 1. The van der Waals surface area contributed by atoms with Crippen molar-refractivity contribution >= 4 is 27.5 Å². The Bertz CT molecular complexity index is 771. The number of hydrogen-bond donors (Lipinski definition) is 0. The van der Waals surface area contributed by atoms with Gasteiger partial charge in [-0.05, 0) is 30.2 Å². The van der Waals surface area contributed by atoms with Crippen LogP contribution in [0.15, 0.2) is 40.8 Å². The molecule has 0 unspecified atom stereocenters. The van der Waals surface area contributed by atoms with Crippen molar-refractivity contribution in [3.8, 4) is 10.8 Å². The molecule has 0 aliphatic rings. The number of benzene rings is 1. The normalized spacial score (nSPS) is 11.3. The van der Waals surface area contributed by atoms with Crippen LogP contribution < -0.4 is 0 Å². The summed E-state index contributed by atoms with van der Waals surface area (Å²) in [6.07, 6.45) is 0. The standard InChI is InChI=1S/C17H18N2O2S/c1-11(2)10-19(3)17(20)14-9-8-13(21-14)16-18-12-6-4-5-7-15(12)22-16/h4-9,11H,10H2,1-3H3. The van der Waals surface area contributed by atoms with Crippen LogP contribution in [0.25, 0.3) is 21.0 Å². The molecule has 3 rings (SSSR count). The van der Waals surface area contributed by atoms with Crippen molar-refractivity contribution in [3.63, 3.8) is 0 Å². The van der Waals surface area contributed by atoms with Gasteiger partial charge in [-0.3, -0.25) is 4.79 Å². The van der Waals surface area contributed by atoms with Gasteiger partial charge in [-0.2, -0.15) is 0 Å². The van der Waals surface area contributed by atoms with Gasteiger partial charge in [0.2, 0.25) is 0 Å². The highest BCUT2D eigenvalue weighted by atomic mass is 32.1. The zero-order valence-electron chi connectivity index (χ0n) is 12.9. The minimum Gasteiger partial charge on any atom is -0.448 e. The summed E-state index contributed by atoms with van der Waals surface area (Å²) in [5.41, 5.74) is 0.948. The molecule has 0 saturated heterocycles. The molecule has 0 N–H and O–H groups in total. The van der Waals surface area contributed by atoms with Gasteiger partial charge in [0.05, 0.1) is 10.2 Å². The molecule has 0 aliphatic carbocycles. The molecule has 4 nitrogen and oxygen atoms in total. The van der Waals surface area contributed by atoms with Crippen LogP contribution in [0, 0.1) is 5.92 Å². The third-order valence-electron chi connectivity index (χ3n) is 3.31. The summed E-state index contributed by atoms with van der Waals surface area (Å²) in [5.74, 6) is 1.33. The molecule has 1 aromatic carbocycles. The van der Waals surface area contributed by atoms with Crippen molar-refractivity contribution in [2.24, 2.45) is 5.92 Å². The summed E-state index contributed by atoms with van der Waals surface area (Å²) in [7, 11) is 1.79. The van der Waals surface area contributed by atoms with E-state index in [1.54, 1.807) is 29.4 Å². The number of amides is 1. The fraction of sp³-hybridized carbons (Fsp3) is 0.294. The van der Waals surface area contributed by atoms with Gasteiger partial charge in [0.1, 0.15) is 0 Å². The van der Waals surface area contributed by atoms with Crippen molar-refractivity contribution in [1.82, 2.24) is 9.88 Å². The Kier molecular flexibility index (Phi) is 3.98. The first-order valence-electron chi connectivity index (χ1n) is 7.26. The fourth-order valence-electron chi connectivity index (χ4n) is 2.36. The first-order valence-corrected chi connectivity index (χ1v) is 8.07. The third-order valence-corrected chi connectivity index (χ3v) is 4.36. The Morgan fingerprint density at radius 1 is 1.27 bits per heavy atom. The second-order valence-corrected chi connectivity index (χ2v) is 6.76. The molecule has 3 aromatic rings. The predicted molar refractivity (Wildman–Crippen MR) is 89.1 cm³/mol. The Hall–Kier alpha value is -2.14. The SMILES string of the molecule is CC(C)CN(C)C(=O)c1ccc(-c2nc3ccccc3s2)o1. The number of hydrogen-bond acceptors (Lipinski definition) is 4. The molecule has 0 radical (unpaired) electrons. The number of carbonyl (C=O) groups is 1. The fourth-order valence-corrected chi connectivity index (χ4v) is 3.29. The molecule has 0 fully saturated rings. The lowest BCUT2D eigenvalue weighted by atomic mass is 10.2. The predicted octanol–water partition coefficient (Wildman–Crippen LogP) is 4.28. The lowest BCUT2D eigenvalue weighted by molar-refractivity contribution is 0.0748. The first-order chi connectivity index (χ1) is 10.5. The smallest absolute Gasteiger partial charge is 0.289 e. The van der Waals surface area contributed by atoms with Gasteiger partial charge in [0.25, 0.3) is 5.91 Å². The molecule has 114 valence electrons. The average molecular weight is 314 g/mol. The number of nitrogens with zero attached hydrogens (tertiary/aromatic N) is 2. The minimum atomic E-state index is -0.0962. The number of fused-ring (bicyclic) bond motifs is 1. The quantitative estimate of drug-likeness (QED) is 0.722. The molecule has 5 heteroatoms. The second kappa shape index (κ2) is 5.93. The zero-order valence-corrected chi connectivity index (χ0v) is 13.7. The average Bonchev–Trinajstić information content (AvgIpc) is 3.12. The molecule has 22 heavy (non-hydrogen) atoms. The van der Waals surface area contributed by atoms with Crippen molar-refractivity contribution in [2.75, 3.05) is 13.6 Å². The molecule has 1 amide bonds. The molecule has 2 heterocycles. The maximum Gasteiger partial charge on any atom is 0.289 e. The van der Waals surface area contributed by atoms with Crippen LogP contribution in [-0.4, -0.2) is 29.4 Å². The van der Waals surface area contributed by atoms with E-state index >= 15 is 0 Å². The van der Waals surface area contributed by atoms with Crippen molar-refractivity contribution < 1.29 is 9.21 Å². The maximum absolute atomic E-state index is 12.3. The molecule has 0 saturated carbocycles. The Morgan fingerprint density at radius 3 is 2.77 bits per heavy atom. The maximum atomic E-state index is 12.3. The summed E-state index contributed by atoms with van der Waals surface area (Å²) in [6, 6.07) is 11.5. The topological polar surface area (TPSA) is 46.3 Å². The van der Waals surface area contributed by atoms with E-state index in [4.69, 9.17) is 4.42 Å². The van der Waals surface area contributed by atoms with E-state index in [0.29, 0.717) is 24.0 Å². The number of thiazole rings is 1. The van der Waals surface area contributed by atoms with E-state index in [2.05, 4.69) is 18.8 Å². The monoisotopic (exact) mass is 314 g/mol. The second-order valence-electron chi connectivity index (χ2n) is 5.73. The third kappa shape index (κ3) is 2.90. The van der Waals surface area contributed by atoms with Crippen LogP contribution in [0.3, 0.4) is 0 Å². The summed E-state index contributed by atoms with van der Waals surface area (Å²) in [6.45, 7) is 4.87. The number of furan rings is 1. The van der Waals surface area contributed by atoms with Gasteiger partial charge in [-0.25, -0.2) is 4.98 Å². The summed E-state index contributed by atoms with van der Waals surface area (Å²) in [5, 5.41) is 0.798. The Labute approximate surface area is 133 Å². The van der Waals surface area contributed by atoms with E-state index < -0.39 is 0 Å². The van der Waals surface area contributed by atoms with E-state index in [-0.39, 0.29) is 5.91 Å². The van der Waals surface area contributed by atoms with Crippen LogP contribution in [0.5, 0.6) is 0 Å². The van der Waals surface area contributed by atoms with Crippen LogP contribution in [0.2, 0.25) is 0 Å². The lowest BCUT2D eigenvalue weighted by Crippen LogP contribution is -2.29. The molecular weight excluding hydrogens is 296 g/mol. The van der Waals surface area contributed by atoms with Crippen LogP contribution in [-0.2, 0) is 0 Å². The van der Waals surface area contributed by atoms with Crippen molar-refractivity contribution in [2.45, 2.75) is 13.8 Å². The van der Waals surface area contributed by atoms with E-state index in [1.807, 2.05) is 30.3 Å². The number of rotatable bonds is 4. The highest BCUT2D eigenvalue weighted by Gasteiger charge is 2.18. The minimum absolute atomic E-state index is 0.0962. The van der Waals surface area contributed by atoms with Crippen LogP contribution >= 0.6 is 11.3 Å². The summed E-state index contributed by atoms with van der Waals surface area (Å²) >= 11 is 1.56. The molecule has 2 aromatic heterocycles. The van der Waals surface area contributed by atoms with Gasteiger partial charge in [-0.15, -0.1) is 11.3 Å². The van der Waals surface area contributed by atoms with Crippen LogP contribution in [0.4, 0.5) is 0 Å². The zero-order chi connectivity index (χ0) is 15.7. The molecule has 0 spiro atoms. The van der Waals surface area contributed by atoms with Gasteiger partial charge >= 0.3 is 0 Å². The van der Waals surface area contributed by atoms with Gasteiger partial charge in [0.15, 0.2) is 16.5 Å². The highest BCUT2D eigenvalue weighted by Crippen LogP contribution is 2.31. The van der Waals surface area contributed by atoms with Gasteiger partial charge in [-0.1, -0.05) is 26.0 Å². The lowest BCUT2D eigenvalue weighted by Gasteiger charge is -2.17. The summed E-state index contributed by atoms with van der Waals surface area (Å²) < 4.78 is 6.83. The largest absolute Gasteiger partial charge is 0.448 e. The molecule has 0 aliphatic heterocycles. The van der Waals surface area contributed by atoms with E-state index in [0.717, 1.165) is 15.2 Å². The van der Waals surface area contributed by atoms with Gasteiger partial charge in [0, 0.05) is 13.6 Å². The Morgan fingerprint density at radius 2 is 2.05 bits per heavy atom. The van der Waals surface area contributed by atoms with Gasteiger partial charge < -0.3 is 9.32 Å². The number of carbonyl (C=O) groups excluding carboxylic acids is 1. The van der Waals surface area contributed by atoms with Crippen molar-refractivity contribution in [1.29, 1.82) is 0 Å². The summed E-state index contributed by atoms with van der Waals surface area (Å²) in [4.78, 5) is 18.5. The highest BCUT2D eigenvalue weighted by molar-refractivity contribution is 7.21.